The van der Waals surface area contributed by atoms with Crippen LogP contribution >= 0.6 is 0 Å². The Balaban J connectivity index is 1.41. The second-order valence-electron chi connectivity index (χ2n) is 10.7. The summed E-state index contributed by atoms with van der Waals surface area (Å²) in [6.45, 7) is 5.31. The van der Waals surface area contributed by atoms with E-state index in [4.69, 9.17) is 5.73 Å². The van der Waals surface area contributed by atoms with E-state index in [0.29, 0.717) is 16.9 Å². The lowest BCUT2D eigenvalue weighted by atomic mass is 9.97. The van der Waals surface area contributed by atoms with Gasteiger partial charge in [0.25, 0.3) is 11.5 Å². The van der Waals surface area contributed by atoms with Gasteiger partial charge >= 0.3 is 0 Å². The van der Waals surface area contributed by atoms with Gasteiger partial charge in [0.05, 0.1) is 11.3 Å². The summed E-state index contributed by atoms with van der Waals surface area (Å²) >= 11 is 0. The van der Waals surface area contributed by atoms with Crippen molar-refractivity contribution in [2.75, 3.05) is 10.6 Å². The van der Waals surface area contributed by atoms with Crippen molar-refractivity contribution < 1.29 is 9.90 Å². The van der Waals surface area contributed by atoms with E-state index in [2.05, 4.69) is 15.6 Å². The number of carbonyl (C=O) groups excluding carboxylic acids is 1. The second kappa shape index (κ2) is 10.1. The standard InChI is InChI=1S/C31H33N5O3/c1-18-25(6-5-7-26(18)35-29(37)19-8-11-22(12-9-19)31(2,3)39)27-17-36(4)30(38)28(34-27)33-24-13-10-20-14-23(32)15-21(20)16-24/h5-13,16-17,23,39H,14-15,32H2,1-4H3,(H,33,34)(H,35,37). The maximum absolute atomic E-state index is 13.0. The monoisotopic (exact) mass is 523 g/mol. The summed E-state index contributed by atoms with van der Waals surface area (Å²) in [7, 11) is 1.69. The van der Waals surface area contributed by atoms with Crippen molar-refractivity contribution in [1.29, 1.82) is 0 Å². The van der Waals surface area contributed by atoms with Crippen LogP contribution in [0.15, 0.2) is 71.7 Å². The first kappa shape index (κ1) is 26.3. The first-order chi connectivity index (χ1) is 18.5. The van der Waals surface area contributed by atoms with Crippen molar-refractivity contribution in [2.24, 2.45) is 12.8 Å². The SMILES string of the molecule is Cc1c(NC(=O)c2ccc(C(C)(C)O)cc2)cccc1-c1cn(C)c(=O)c(Nc2ccc3c(c2)CC(N)C3)n1. The minimum Gasteiger partial charge on any atom is -0.386 e. The van der Waals surface area contributed by atoms with Gasteiger partial charge in [0, 0.05) is 41.8 Å². The Labute approximate surface area is 227 Å². The van der Waals surface area contributed by atoms with E-state index in [1.165, 1.54) is 15.7 Å². The Morgan fingerprint density at radius 2 is 1.79 bits per heavy atom. The highest BCUT2D eigenvalue weighted by Gasteiger charge is 2.20. The first-order valence-electron chi connectivity index (χ1n) is 13.0. The van der Waals surface area contributed by atoms with E-state index in [-0.39, 0.29) is 23.3 Å². The van der Waals surface area contributed by atoms with Crippen molar-refractivity contribution in [3.05, 3.63) is 105 Å². The van der Waals surface area contributed by atoms with Gasteiger partial charge < -0.3 is 26.0 Å². The Morgan fingerprint density at radius 1 is 1.08 bits per heavy atom. The smallest absolute Gasteiger partial charge is 0.293 e. The highest BCUT2D eigenvalue weighted by molar-refractivity contribution is 6.05. The second-order valence-corrected chi connectivity index (χ2v) is 10.7. The van der Waals surface area contributed by atoms with E-state index in [1.807, 2.05) is 43.3 Å². The average molecular weight is 524 g/mol. The topological polar surface area (TPSA) is 122 Å². The largest absolute Gasteiger partial charge is 0.386 e. The van der Waals surface area contributed by atoms with Crippen LogP contribution in [0.3, 0.4) is 0 Å². The maximum Gasteiger partial charge on any atom is 0.293 e. The average Bonchev–Trinajstić information content (AvgIpc) is 3.26. The summed E-state index contributed by atoms with van der Waals surface area (Å²) < 4.78 is 1.50. The normalized spacial score (nSPS) is 14.7. The molecule has 0 saturated carbocycles. The molecule has 8 heteroatoms. The third-order valence-corrected chi connectivity index (χ3v) is 7.22. The summed E-state index contributed by atoms with van der Waals surface area (Å²) in [6.07, 6.45) is 3.37. The molecule has 200 valence electrons. The van der Waals surface area contributed by atoms with E-state index in [1.54, 1.807) is 51.4 Å². The molecule has 4 aromatic rings. The number of hydrogen-bond donors (Lipinski definition) is 4. The molecule has 3 aromatic carbocycles. The highest BCUT2D eigenvalue weighted by Crippen LogP contribution is 2.29. The molecule has 1 aliphatic carbocycles. The molecule has 1 unspecified atom stereocenters. The molecule has 0 aliphatic heterocycles. The number of fused-ring (bicyclic) bond motifs is 1. The molecule has 39 heavy (non-hydrogen) atoms. The summed E-state index contributed by atoms with van der Waals surface area (Å²) in [5.41, 5.74) is 12.2. The first-order valence-corrected chi connectivity index (χ1v) is 13.0. The molecule has 8 nitrogen and oxygen atoms in total. The van der Waals surface area contributed by atoms with Gasteiger partial charge in [-0.05, 0) is 86.2 Å². The van der Waals surface area contributed by atoms with E-state index in [0.717, 1.165) is 35.2 Å². The van der Waals surface area contributed by atoms with Crippen LogP contribution in [0.4, 0.5) is 17.2 Å². The van der Waals surface area contributed by atoms with E-state index in [9.17, 15) is 14.7 Å². The number of nitrogens with zero attached hydrogens (tertiary/aromatic N) is 2. The molecule has 1 aromatic heterocycles. The van der Waals surface area contributed by atoms with Crippen LogP contribution in [0, 0.1) is 6.92 Å². The lowest BCUT2D eigenvalue weighted by Crippen LogP contribution is -2.21. The lowest BCUT2D eigenvalue weighted by Gasteiger charge is -2.18. The number of nitrogens with one attached hydrogen (secondary N) is 2. The maximum atomic E-state index is 13.0. The molecule has 0 saturated heterocycles. The molecule has 1 aliphatic rings. The minimum absolute atomic E-state index is 0.132. The van der Waals surface area contributed by atoms with Crippen LogP contribution in [0.1, 0.15) is 46.5 Å². The van der Waals surface area contributed by atoms with Gasteiger partial charge in [-0.3, -0.25) is 9.59 Å². The number of nitrogens with two attached hydrogens (primary N) is 1. The van der Waals surface area contributed by atoms with Crippen molar-refractivity contribution in [3.8, 4) is 11.3 Å². The van der Waals surface area contributed by atoms with Crippen LogP contribution in [0.5, 0.6) is 0 Å². The summed E-state index contributed by atoms with van der Waals surface area (Å²) in [4.78, 5) is 30.6. The van der Waals surface area contributed by atoms with Crippen molar-refractivity contribution >= 4 is 23.1 Å². The number of benzene rings is 3. The zero-order valence-corrected chi connectivity index (χ0v) is 22.6. The molecule has 0 radical (unpaired) electrons. The molecule has 1 heterocycles. The quantitative estimate of drug-likeness (QED) is 0.297. The predicted molar refractivity (Wildman–Crippen MR) is 154 cm³/mol. The van der Waals surface area contributed by atoms with Gasteiger partial charge in [-0.2, -0.15) is 0 Å². The zero-order valence-electron chi connectivity index (χ0n) is 22.6. The van der Waals surface area contributed by atoms with Crippen LogP contribution < -0.4 is 21.9 Å². The van der Waals surface area contributed by atoms with Gasteiger partial charge in [0.15, 0.2) is 5.82 Å². The number of rotatable bonds is 6. The van der Waals surface area contributed by atoms with Gasteiger partial charge in [-0.15, -0.1) is 0 Å². The third kappa shape index (κ3) is 5.48. The molecule has 0 spiro atoms. The van der Waals surface area contributed by atoms with Crippen LogP contribution in [0.25, 0.3) is 11.3 Å². The van der Waals surface area contributed by atoms with Crippen molar-refractivity contribution in [1.82, 2.24) is 9.55 Å². The molecule has 1 atom stereocenters. The molecular weight excluding hydrogens is 490 g/mol. The number of carbonyl (C=O) groups is 1. The predicted octanol–water partition coefficient (Wildman–Crippen LogP) is 4.40. The zero-order chi connectivity index (χ0) is 27.9. The number of hydrogen-bond acceptors (Lipinski definition) is 6. The molecule has 5 rings (SSSR count). The fraction of sp³-hybridized carbons (Fsp3) is 0.258. The third-order valence-electron chi connectivity index (χ3n) is 7.22. The number of aromatic nitrogens is 2. The Kier molecular flexibility index (Phi) is 6.84. The van der Waals surface area contributed by atoms with Crippen LogP contribution in [-0.2, 0) is 25.5 Å². The van der Waals surface area contributed by atoms with Crippen LogP contribution in [-0.4, -0.2) is 26.6 Å². The van der Waals surface area contributed by atoms with Gasteiger partial charge in [0.2, 0.25) is 0 Å². The highest BCUT2D eigenvalue weighted by atomic mass is 16.3. The molecule has 1 amide bonds. The van der Waals surface area contributed by atoms with Crippen LogP contribution in [0.2, 0.25) is 0 Å². The van der Waals surface area contributed by atoms with E-state index < -0.39 is 5.60 Å². The van der Waals surface area contributed by atoms with Gasteiger partial charge in [-0.1, -0.05) is 30.3 Å². The molecule has 5 N–H and O–H groups in total. The summed E-state index contributed by atoms with van der Waals surface area (Å²) in [5, 5.41) is 16.4. The molecule has 0 fully saturated rings. The van der Waals surface area contributed by atoms with E-state index >= 15 is 0 Å². The Morgan fingerprint density at radius 3 is 2.51 bits per heavy atom. The van der Waals surface area contributed by atoms with Crippen molar-refractivity contribution in [2.45, 2.75) is 45.3 Å². The molecule has 0 bridgehead atoms. The number of aliphatic hydroxyl groups is 1. The van der Waals surface area contributed by atoms with Gasteiger partial charge in [-0.25, -0.2) is 4.98 Å². The summed E-state index contributed by atoms with van der Waals surface area (Å²) in [6, 6.07) is 18.6. The minimum atomic E-state index is -0.982. The lowest BCUT2D eigenvalue weighted by molar-refractivity contribution is 0.0785. The Hall–Kier alpha value is -4.27. The summed E-state index contributed by atoms with van der Waals surface area (Å²) in [5.74, 6) is -0.0392. The van der Waals surface area contributed by atoms with Gasteiger partial charge in [0.1, 0.15) is 0 Å². The fourth-order valence-corrected chi connectivity index (χ4v) is 4.96. The number of amides is 1. The molecular formula is C31H33N5O3. The fourth-order valence-electron chi connectivity index (χ4n) is 4.96. The van der Waals surface area contributed by atoms with Crippen molar-refractivity contribution in [3.63, 3.8) is 0 Å². The number of aryl methyl sites for hydroxylation is 1. The Bertz CT molecular complexity index is 1620. The number of anilines is 3.